The molecule has 2 heterocycles. The molecule has 11 heteroatoms. The van der Waals surface area contributed by atoms with Crippen LogP contribution in [-0.4, -0.2) is 78.3 Å². The van der Waals surface area contributed by atoms with Gasteiger partial charge >= 0.3 is 0 Å². The first kappa shape index (κ1) is 35.0. The van der Waals surface area contributed by atoms with Crippen LogP contribution in [0.4, 0.5) is 14.7 Å². The summed E-state index contributed by atoms with van der Waals surface area (Å²) >= 11 is 0. The molecule has 5 rings (SSSR count). The quantitative estimate of drug-likeness (QED) is 0.297. The van der Waals surface area contributed by atoms with Gasteiger partial charge in [0.1, 0.15) is 5.69 Å². The first-order valence-electron chi connectivity index (χ1n) is 14.9. The maximum absolute atomic E-state index is 14.4. The maximum atomic E-state index is 14.4. The van der Waals surface area contributed by atoms with Gasteiger partial charge in [0.05, 0.1) is 5.52 Å². The molecule has 1 aliphatic heterocycles. The van der Waals surface area contributed by atoms with Crippen LogP contribution in [0.2, 0.25) is 0 Å². The Balaban J connectivity index is 0.000000853. The third-order valence-electron chi connectivity index (χ3n) is 6.76. The van der Waals surface area contributed by atoms with E-state index in [4.69, 9.17) is 5.73 Å². The molecule has 0 atom stereocenters. The van der Waals surface area contributed by atoms with Crippen molar-refractivity contribution in [1.82, 2.24) is 30.0 Å². The second kappa shape index (κ2) is 16.0. The topological polar surface area (TPSA) is 108 Å². The molecule has 4 aromatic rings. The predicted octanol–water partition coefficient (Wildman–Crippen LogP) is 5.09. The molecule has 1 aromatic heterocycles. The van der Waals surface area contributed by atoms with E-state index in [1.165, 1.54) is 0 Å². The van der Waals surface area contributed by atoms with Gasteiger partial charge in [0.15, 0.2) is 11.6 Å². The summed E-state index contributed by atoms with van der Waals surface area (Å²) in [6, 6.07) is 15.0. The van der Waals surface area contributed by atoms with Crippen molar-refractivity contribution >= 4 is 28.7 Å². The van der Waals surface area contributed by atoms with E-state index in [1.807, 2.05) is 83.2 Å². The Hall–Kier alpha value is -4.48. The Labute approximate surface area is 264 Å². The van der Waals surface area contributed by atoms with Gasteiger partial charge in [-0.3, -0.25) is 9.59 Å². The highest BCUT2D eigenvalue weighted by atomic mass is 19.2. The number of nitrogen functional groups attached to an aromatic ring is 1. The summed E-state index contributed by atoms with van der Waals surface area (Å²) in [7, 11) is 9.72. The number of hydrogen-bond acceptors (Lipinski definition) is 7. The number of carbonyl (C=O) groups excluding carboxylic acids is 2. The lowest BCUT2D eigenvalue weighted by Gasteiger charge is -2.17. The van der Waals surface area contributed by atoms with Crippen LogP contribution in [0.3, 0.4) is 0 Å². The molecule has 0 bridgehead atoms. The average Bonchev–Trinajstić information content (AvgIpc) is 3.44. The van der Waals surface area contributed by atoms with Crippen LogP contribution in [0.25, 0.3) is 22.0 Å². The lowest BCUT2D eigenvalue weighted by atomic mass is 9.97. The third kappa shape index (κ3) is 9.26. The normalized spacial score (nSPS) is 11.9. The number of fused-ring (bicyclic) bond motifs is 2. The van der Waals surface area contributed by atoms with Gasteiger partial charge < -0.3 is 25.8 Å². The first-order valence-corrected chi connectivity index (χ1v) is 14.9. The van der Waals surface area contributed by atoms with Crippen LogP contribution in [0.5, 0.6) is 0 Å². The Morgan fingerprint density at radius 2 is 1.51 bits per heavy atom. The summed E-state index contributed by atoms with van der Waals surface area (Å²) in [5.41, 5.74) is 9.95. The molecule has 3 N–H and O–H groups in total. The van der Waals surface area contributed by atoms with Gasteiger partial charge in [-0.05, 0) is 87.3 Å². The number of nitrogens with zero attached hydrogens (tertiary/aromatic N) is 5. The molecule has 2 amide bonds. The Kier molecular flexibility index (Phi) is 12.5. The standard InChI is InChI=1S/C29H28F2N6O2.C3H9N.C2H6/c1-36(2)10-9-26(38)33-14-20-12-23(30)24(31)13-21(20)17-7-8-25-22(11-17)27(35-29(32)34-25)28(39)37-15-18-5-3-4-6-19(18)16-37;1-4(2)3;1-2/h3-8,11-13H,9-10,14-16H2,1-2H3,(H,33,38)(H2,32,34,35);1-3H3;1-2H3. The number of rotatable bonds is 7. The van der Waals surface area contributed by atoms with Gasteiger partial charge in [0.25, 0.3) is 5.91 Å². The maximum Gasteiger partial charge on any atom is 0.273 e. The van der Waals surface area contributed by atoms with E-state index in [0.717, 1.165) is 23.3 Å². The van der Waals surface area contributed by atoms with Gasteiger partial charge in [-0.25, -0.2) is 18.7 Å². The molecule has 0 unspecified atom stereocenters. The van der Waals surface area contributed by atoms with Crippen LogP contribution >= 0.6 is 0 Å². The second-order valence-electron chi connectivity index (χ2n) is 11.2. The zero-order valence-corrected chi connectivity index (χ0v) is 27.1. The van der Waals surface area contributed by atoms with Crippen LogP contribution < -0.4 is 11.1 Å². The summed E-state index contributed by atoms with van der Waals surface area (Å²) in [5, 5.41) is 3.21. The molecule has 0 saturated carbocycles. The zero-order chi connectivity index (χ0) is 33.3. The fraction of sp³-hybridized carbons (Fsp3) is 0.353. The molecule has 240 valence electrons. The van der Waals surface area contributed by atoms with E-state index in [-0.39, 0.29) is 36.4 Å². The van der Waals surface area contributed by atoms with Crippen molar-refractivity contribution in [2.75, 3.05) is 47.5 Å². The van der Waals surface area contributed by atoms with E-state index < -0.39 is 11.6 Å². The van der Waals surface area contributed by atoms with Crippen molar-refractivity contribution in [3.05, 3.63) is 88.6 Å². The van der Waals surface area contributed by atoms with E-state index in [2.05, 4.69) is 15.3 Å². The summed E-state index contributed by atoms with van der Waals surface area (Å²) in [5.74, 6) is -2.59. The minimum Gasteiger partial charge on any atom is -0.368 e. The van der Waals surface area contributed by atoms with Crippen LogP contribution in [0.1, 0.15) is 47.4 Å². The average molecular weight is 620 g/mol. The smallest absolute Gasteiger partial charge is 0.273 e. The van der Waals surface area contributed by atoms with E-state index in [9.17, 15) is 18.4 Å². The number of benzene rings is 3. The summed E-state index contributed by atoms with van der Waals surface area (Å²) in [6.07, 6.45) is 0.270. The van der Waals surface area contributed by atoms with Gasteiger partial charge in [-0.15, -0.1) is 0 Å². The van der Waals surface area contributed by atoms with Crippen LogP contribution in [0.15, 0.2) is 54.6 Å². The van der Waals surface area contributed by atoms with Crippen LogP contribution in [0, 0.1) is 11.6 Å². The summed E-state index contributed by atoms with van der Waals surface area (Å²) in [6.45, 7) is 5.46. The van der Waals surface area contributed by atoms with Gasteiger partial charge in [-0.1, -0.05) is 44.2 Å². The molecule has 0 aliphatic carbocycles. The largest absolute Gasteiger partial charge is 0.368 e. The molecular weight excluding hydrogens is 576 g/mol. The number of nitrogens with two attached hydrogens (primary N) is 1. The van der Waals surface area contributed by atoms with Crippen molar-refractivity contribution in [1.29, 1.82) is 0 Å². The van der Waals surface area contributed by atoms with Crippen molar-refractivity contribution in [2.24, 2.45) is 0 Å². The van der Waals surface area contributed by atoms with E-state index in [0.29, 0.717) is 47.2 Å². The fourth-order valence-corrected chi connectivity index (χ4v) is 4.71. The zero-order valence-electron chi connectivity index (χ0n) is 27.1. The summed E-state index contributed by atoms with van der Waals surface area (Å²) in [4.78, 5) is 40.0. The number of nitrogens with one attached hydrogen (secondary N) is 1. The number of aromatic nitrogens is 2. The minimum atomic E-state index is -1.02. The monoisotopic (exact) mass is 619 g/mol. The molecule has 0 fully saturated rings. The first-order chi connectivity index (χ1) is 21.4. The number of hydrogen-bond donors (Lipinski definition) is 2. The van der Waals surface area contributed by atoms with Gasteiger partial charge in [0.2, 0.25) is 11.9 Å². The molecule has 0 spiro atoms. The number of halogens is 2. The predicted molar refractivity (Wildman–Crippen MR) is 175 cm³/mol. The van der Waals surface area contributed by atoms with Crippen molar-refractivity contribution in [3.63, 3.8) is 0 Å². The Morgan fingerprint density at radius 1 is 0.911 bits per heavy atom. The highest BCUT2D eigenvalue weighted by molar-refractivity contribution is 6.06. The van der Waals surface area contributed by atoms with Crippen molar-refractivity contribution < 1.29 is 18.4 Å². The molecule has 9 nitrogen and oxygen atoms in total. The SMILES string of the molecule is CC.CN(C)C.CN(C)CCC(=O)NCc1cc(F)c(F)cc1-c1ccc2nc(N)nc(C(=O)N3Cc4ccccc4C3)c2c1. The van der Waals surface area contributed by atoms with E-state index >= 15 is 0 Å². The van der Waals surface area contributed by atoms with Crippen molar-refractivity contribution in [2.45, 2.75) is 39.9 Å². The van der Waals surface area contributed by atoms with E-state index in [1.54, 1.807) is 23.1 Å². The highest BCUT2D eigenvalue weighted by Crippen LogP contribution is 2.31. The van der Waals surface area contributed by atoms with Gasteiger partial charge in [-0.2, -0.15) is 0 Å². The van der Waals surface area contributed by atoms with Gasteiger partial charge in [0, 0.05) is 38.0 Å². The second-order valence-corrected chi connectivity index (χ2v) is 11.2. The number of carbonyl (C=O) groups is 2. The number of anilines is 1. The lowest BCUT2D eigenvalue weighted by molar-refractivity contribution is -0.121. The van der Waals surface area contributed by atoms with Crippen molar-refractivity contribution in [3.8, 4) is 11.1 Å². The third-order valence-corrected chi connectivity index (χ3v) is 6.76. The Morgan fingerprint density at radius 3 is 2.11 bits per heavy atom. The summed E-state index contributed by atoms with van der Waals surface area (Å²) < 4.78 is 28.6. The Bertz CT molecular complexity index is 1620. The molecule has 0 saturated heterocycles. The molecular formula is C34H43F2N7O2. The molecule has 1 aliphatic rings. The number of amides is 2. The molecule has 0 radical (unpaired) electrons. The fourth-order valence-electron chi connectivity index (χ4n) is 4.71. The lowest BCUT2D eigenvalue weighted by Crippen LogP contribution is -2.27. The molecule has 45 heavy (non-hydrogen) atoms. The highest BCUT2D eigenvalue weighted by Gasteiger charge is 2.27. The molecule has 3 aromatic carbocycles. The minimum absolute atomic E-state index is 0.00684. The van der Waals surface area contributed by atoms with Crippen LogP contribution in [-0.2, 0) is 24.4 Å².